The smallest absolute Gasteiger partial charge is 0.273 e. The van der Waals surface area contributed by atoms with Crippen LogP contribution in [0.5, 0.6) is 0 Å². The van der Waals surface area contributed by atoms with Crippen LogP contribution in [0, 0.1) is 5.82 Å². The van der Waals surface area contributed by atoms with Crippen LogP contribution in [0.15, 0.2) is 30.3 Å². The number of carbonyl (C=O) groups excluding carboxylic acids is 1. The lowest BCUT2D eigenvalue weighted by Gasteiger charge is -2.29. The first-order valence-electron chi connectivity index (χ1n) is 8.58. The van der Waals surface area contributed by atoms with Gasteiger partial charge in [0.05, 0.1) is 5.69 Å². The second-order valence-electron chi connectivity index (χ2n) is 6.38. The minimum atomic E-state index is -0.218. The molecule has 0 saturated carbocycles. The molecule has 26 heavy (non-hydrogen) atoms. The Morgan fingerprint density at radius 3 is 2.62 bits per heavy atom. The minimum absolute atomic E-state index is 0.199. The number of benzene rings is 1. The fraction of sp³-hybridized carbons (Fsp3) is 0.389. The molecule has 0 bridgehead atoms. The molecule has 0 radical (unpaired) electrons. The van der Waals surface area contributed by atoms with Crippen LogP contribution in [0.25, 0.3) is 0 Å². The van der Waals surface area contributed by atoms with Crippen molar-refractivity contribution in [3.8, 4) is 0 Å². The van der Waals surface area contributed by atoms with Gasteiger partial charge in [0.25, 0.3) is 5.91 Å². The van der Waals surface area contributed by atoms with Crippen LogP contribution in [0.3, 0.4) is 0 Å². The third kappa shape index (κ3) is 4.26. The predicted molar refractivity (Wildman–Crippen MR) is 98.9 cm³/mol. The van der Waals surface area contributed by atoms with Crippen molar-refractivity contribution >= 4 is 17.4 Å². The Morgan fingerprint density at radius 1 is 1.23 bits per heavy atom. The molecular weight excluding hydrogens is 335 g/mol. The van der Waals surface area contributed by atoms with E-state index in [1.807, 2.05) is 12.1 Å². The number of carbonyl (C=O) groups is 1. The molecule has 0 atom stereocenters. The van der Waals surface area contributed by atoms with Crippen LogP contribution >= 0.6 is 0 Å². The summed E-state index contributed by atoms with van der Waals surface area (Å²) in [7, 11) is 3.32. The van der Waals surface area contributed by atoms with Gasteiger partial charge in [0.15, 0.2) is 5.69 Å². The van der Waals surface area contributed by atoms with Crippen LogP contribution in [-0.4, -0.2) is 61.3 Å². The van der Waals surface area contributed by atoms with Crippen LogP contribution in [-0.2, 0) is 6.54 Å². The highest BCUT2D eigenvalue weighted by molar-refractivity contribution is 5.91. The lowest BCUT2D eigenvalue weighted by atomic mass is 10.1. The topological polar surface area (TPSA) is 73.4 Å². The minimum Gasteiger partial charge on any atom is -0.367 e. The number of anilines is 2. The molecule has 2 N–H and O–H groups in total. The third-order valence-corrected chi connectivity index (χ3v) is 4.23. The number of piperazine rings is 1. The molecule has 138 valence electrons. The molecule has 2 aromatic rings. The van der Waals surface area contributed by atoms with E-state index < -0.39 is 0 Å². The number of nitrogens with zero attached hydrogens (tertiary/aromatic N) is 4. The van der Waals surface area contributed by atoms with Gasteiger partial charge in [-0.1, -0.05) is 6.07 Å². The fourth-order valence-corrected chi connectivity index (χ4v) is 2.78. The van der Waals surface area contributed by atoms with Crippen molar-refractivity contribution in [2.75, 3.05) is 50.5 Å². The van der Waals surface area contributed by atoms with Crippen molar-refractivity contribution in [3.63, 3.8) is 0 Å². The standard InChI is InChI=1S/C18H23FN6O/c1-24(2)18(26)15-4-6-17(23-22-15)21-12-13-3-5-16(14(19)11-13)25-9-7-20-8-10-25/h3-6,11,20H,7-10,12H2,1-2H3,(H,21,23). The highest BCUT2D eigenvalue weighted by atomic mass is 19.1. The van der Waals surface area contributed by atoms with E-state index in [0.717, 1.165) is 31.7 Å². The zero-order valence-corrected chi connectivity index (χ0v) is 15.0. The van der Waals surface area contributed by atoms with Gasteiger partial charge in [-0.05, 0) is 29.8 Å². The van der Waals surface area contributed by atoms with E-state index in [9.17, 15) is 9.18 Å². The Morgan fingerprint density at radius 2 is 2.00 bits per heavy atom. The summed E-state index contributed by atoms with van der Waals surface area (Å²) in [5.41, 5.74) is 1.74. The van der Waals surface area contributed by atoms with Gasteiger partial charge in [-0.3, -0.25) is 4.79 Å². The molecule has 1 aromatic carbocycles. The third-order valence-electron chi connectivity index (χ3n) is 4.23. The van der Waals surface area contributed by atoms with Gasteiger partial charge in [0, 0.05) is 46.8 Å². The summed E-state index contributed by atoms with van der Waals surface area (Å²) in [6.07, 6.45) is 0. The quantitative estimate of drug-likeness (QED) is 0.840. The maximum absolute atomic E-state index is 14.4. The summed E-state index contributed by atoms with van der Waals surface area (Å²) in [5.74, 6) is 0.116. The van der Waals surface area contributed by atoms with Crippen LogP contribution < -0.4 is 15.5 Å². The molecule has 7 nitrogen and oxygen atoms in total. The van der Waals surface area contributed by atoms with Crippen molar-refractivity contribution in [1.82, 2.24) is 20.4 Å². The van der Waals surface area contributed by atoms with Gasteiger partial charge in [-0.25, -0.2) is 4.39 Å². The van der Waals surface area contributed by atoms with Gasteiger partial charge in [0.2, 0.25) is 0 Å². The molecule has 1 aliphatic rings. The largest absolute Gasteiger partial charge is 0.367 e. The average molecular weight is 358 g/mol. The molecule has 1 fully saturated rings. The Bertz CT molecular complexity index is 759. The van der Waals surface area contributed by atoms with Crippen molar-refractivity contribution < 1.29 is 9.18 Å². The normalized spacial score (nSPS) is 14.2. The zero-order chi connectivity index (χ0) is 18.5. The number of hydrogen-bond acceptors (Lipinski definition) is 6. The molecule has 8 heteroatoms. The number of hydrogen-bond donors (Lipinski definition) is 2. The molecule has 1 aliphatic heterocycles. The molecule has 0 aliphatic carbocycles. The summed E-state index contributed by atoms with van der Waals surface area (Å²) >= 11 is 0. The number of amides is 1. The van der Waals surface area contributed by atoms with E-state index in [2.05, 4.69) is 25.7 Å². The molecule has 2 heterocycles. The van der Waals surface area contributed by atoms with Gasteiger partial charge in [0.1, 0.15) is 11.6 Å². The fourth-order valence-electron chi connectivity index (χ4n) is 2.78. The van der Waals surface area contributed by atoms with Crippen molar-refractivity contribution in [1.29, 1.82) is 0 Å². The number of rotatable bonds is 5. The Labute approximate surface area is 152 Å². The van der Waals surface area contributed by atoms with E-state index >= 15 is 0 Å². The Kier molecular flexibility index (Phi) is 5.62. The van der Waals surface area contributed by atoms with Crippen LogP contribution in [0.2, 0.25) is 0 Å². The SMILES string of the molecule is CN(C)C(=O)c1ccc(NCc2ccc(N3CCNCC3)c(F)c2)nn1. The van der Waals surface area contributed by atoms with Crippen molar-refractivity contribution in [2.24, 2.45) is 0 Å². The molecule has 1 amide bonds. The van der Waals surface area contributed by atoms with E-state index in [1.165, 1.54) is 4.90 Å². The average Bonchev–Trinajstić information content (AvgIpc) is 2.67. The summed E-state index contributed by atoms with van der Waals surface area (Å²) in [5, 5.41) is 14.3. The first-order valence-corrected chi connectivity index (χ1v) is 8.58. The van der Waals surface area contributed by atoms with E-state index in [1.54, 1.807) is 32.3 Å². The summed E-state index contributed by atoms with van der Waals surface area (Å²) < 4.78 is 14.4. The van der Waals surface area contributed by atoms with Crippen LogP contribution in [0.4, 0.5) is 15.9 Å². The van der Waals surface area contributed by atoms with Crippen molar-refractivity contribution in [3.05, 3.63) is 47.4 Å². The number of halogens is 1. The second kappa shape index (κ2) is 8.09. The molecule has 0 unspecified atom stereocenters. The molecule has 1 saturated heterocycles. The van der Waals surface area contributed by atoms with Gasteiger partial charge >= 0.3 is 0 Å². The Hall–Kier alpha value is -2.74. The molecule has 0 spiro atoms. The number of nitrogens with one attached hydrogen (secondary N) is 2. The lowest BCUT2D eigenvalue weighted by Crippen LogP contribution is -2.43. The molecule has 1 aromatic heterocycles. The van der Waals surface area contributed by atoms with E-state index in [4.69, 9.17) is 0 Å². The highest BCUT2D eigenvalue weighted by Crippen LogP contribution is 2.21. The number of aromatic nitrogens is 2. The van der Waals surface area contributed by atoms with Crippen LogP contribution in [0.1, 0.15) is 16.1 Å². The second-order valence-corrected chi connectivity index (χ2v) is 6.38. The zero-order valence-electron chi connectivity index (χ0n) is 15.0. The Balaban J connectivity index is 1.61. The highest BCUT2D eigenvalue weighted by Gasteiger charge is 2.15. The van der Waals surface area contributed by atoms with Gasteiger partial charge < -0.3 is 20.4 Å². The lowest BCUT2D eigenvalue weighted by molar-refractivity contribution is 0.0821. The molecular formula is C18H23FN6O. The summed E-state index contributed by atoms with van der Waals surface area (Å²) in [6, 6.07) is 8.58. The summed E-state index contributed by atoms with van der Waals surface area (Å²) in [6.45, 7) is 3.78. The van der Waals surface area contributed by atoms with Gasteiger partial charge in [-0.15, -0.1) is 10.2 Å². The van der Waals surface area contributed by atoms with Gasteiger partial charge in [-0.2, -0.15) is 0 Å². The first kappa shape index (κ1) is 18.1. The monoisotopic (exact) mass is 358 g/mol. The van der Waals surface area contributed by atoms with Crippen molar-refractivity contribution in [2.45, 2.75) is 6.54 Å². The van der Waals surface area contributed by atoms with E-state index in [0.29, 0.717) is 18.1 Å². The van der Waals surface area contributed by atoms with E-state index in [-0.39, 0.29) is 17.4 Å². The first-order chi connectivity index (χ1) is 12.5. The summed E-state index contributed by atoms with van der Waals surface area (Å²) in [4.78, 5) is 15.3. The maximum Gasteiger partial charge on any atom is 0.273 e. The predicted octanol–water partition coefficient (Wildman–Crippen LogP) is 1.34. The molecule has 3 rings (SSSR count). The maximum atomic E-state index is 14.4.